The lowest BCUT2D eigenvalue weighted by molar-refractivity contribution is -0.143. The second kappa shape index (κ2) is 9.96. The first-order chi connectivity index (χ1) is 8.65. The first-order valence-electron chi connectivity index (χ1n) is 5.24. The summed E-state index contributed by atoms with van der Waals surface area (Å²) in [6.07, 6.45) is 2.52. The Balaban J connectivity index is 0.000000873. The number of ether oxygens (including phenoxy) is 1. The van der Waals surface area contributed by atoms with Gasteiger partial charge in [-0.25, -0.2) is 0 Å². The third-order valence-electron chi connectivity index (χ3n) is 1.94. The first-order valence-corrected chi connectivity index (χ1v) is 5.24. The van der Waals surface area contributed by atoms with Gasteiger partial charge in [-0.1, -0.05) is 43.0 Å². The summed E-state index contributed by atoms with van der Waals surface area (Å²) in [7, 11) is 0. The van der Waals surface area contributed by atoms with Crippen LogP contribution in [0.5, 0.6) is 0 Å². The average molecular weight is 247 g/mol. The minimum Gasteiger partial charge on any atom is -0.724 e. The van der Waals surface area contributed by atoms with E-state index in [1.165, 1.54) is 6.08 Å². The highest BCUT2D eigenvalue weighted by atomic mass is 16.5. The Kier molecular flexibility index (Phi) is 8.72. The van der Waals surface area contributed by atoms with Crippen molar-refractivity contribution in [2.45, 2.75) is 12.5 Å². The summed E-state index contributed by atoms with van der Waals surface area (Å²) >= 11 is 0. The van der Waals surface area contributed by atoms with Gasteiger partial charge in [0, 0.05) is 0 Å². The molecule has 5 heteroatoms. The Labute approximate surface area is 106 Å². The van der Waals surface area contributed by atoms with Crippen LogP contribution in [0.15, 0.2) is 43.0 Å². The van der Waals surface area contributed by atoms with Gasteiger partial charge in [-0.2, -0.15) is 0 Å². The van der Waals surface area contributed by atoms with E-state index in [1.54, 1.807) is 0 Å². The van der Waals surface area contributed by atoms with E-state index in [1.807, 2.05) is 30.3 Å². The fraction of sp³-hybridized carbons (Fsp3) is 0.231. The third kappa shape index (κ3) is 7.11. The molecule has 0 aromatic heterocycles. The molecule has 0 aliphatic heterocycles. The van der Waals surface area contributed by atoms with Crippen LogP contribution in [0.1, 0.15) is 5.56 Å². The van der Waals surface area contributed by atoms with Gasteiger partial charge in [0.1, 0.15) is 12.6 Å². The molecule has 0 heterocycles. The van der Waals surface area contributed by atoms with E-state index in [4.69, 9.17) is 20.7 Å². The highest BCUT2D eigenvalue weighted by Gasteiger charge is 2.14. The van der Waals surface area contributed by atoms with Crippen molar-refractivity contribution in [3.05, 3.63) is 54.0 Å². The monoisotopic (exact) mass is 247 g/mol. The van der Waals surface area contributed by atoms with E-state index in [0.29, 0.717) is 12.5 Å². The fourth-order valence-corrected chi connectivity index (χ4v) is 1.20. The molecular weight excluding hydrogens is 232 g/mol. The van der Waals surface area contributed by atoms with Crippen LogP contribution >= 0.6 is 0 Å². The van der Waals surface area contributed by atoms with Crippen molar-refractivity contribution in [3.8, 4) is 0 Å². The van der Waals surface area contributed by atoms with Crippen LogP contribution in [-0.4, -0.2) is 24.7 Å². The predicted octanol–water partition coefficient (Wildman–Crippen LogP) is 1.18. The lowest BCUT2D eigenvalue weighted by atomic mass is 10.1. The molecule has 18 heavy (non-hydrogen) atoms. The molecule has 0 aliphatic rings. The van der Waals surface area contributed by atoms with E-state index >= 15 is 0 Å². The van der Waals surface area contributed by atoms with Gasteiger partial charge in [0.2, 0.25) is 0 Å². The topological polar surface area (TPSA) is 91.7 Å². The maximum atomic E-state index is 11.3. The molecule has 0 fully saturated rings. The largest absolute Gasteiger partial charge is 0.724 e. The summed E-state index contributed by atoms with van der Waals surface area (Å²) in [5.41, 5.74) is 6.71. The minimum absolute atomic E-state index is 0.210. The highest BCUT2D eigenvalue weighted by Crippen LogP contribution is 2.02. The zero-order valence-electron chi connectivity index (χ0n) is 9.91. The molecular formula is C13H15N2O3-. The van der Waals surface area contributed by atoms with Crippen molar-refractivity contribution in [3.63, 3.8) is 0 Å². The summed E-state index contributed by atoms with van der Waals surface area (Å²) in [5.74, 6) is -0.390. The number of carbonyl (C=O) groups excluding carboxylic acids is 2. The molecule has 2 N–H and O–H groups in total. The quantitative estimate of drug-likeness (QED) is 0.366. The number of benzene rings is 1. The van der Waals surface area contributed by atoms with Crippen LogP contribution in [-0.2, 0) is 20.7 Å². The predicted molar refractivity (Wildman–Crippen MR) is 68.3 cm³/mol. The third-order valence-corrected chi connectivity index (χ3v) is 1.94. The maximum absolute atomic E-state index is 11.3. The Morgan fingerprint density at radius 3 is 2.56 bits per heavy atom. The second-order valence-electron chi connectivity index (χ2n) is 3.31. The van der Waals surface area contributed by atoms with E-state index in [2.05, 4.69) is 6.58 Å². The van der Waals surface area contributed by atoms with Crippen LogP contribution in [0.2, 0.25) is 0 Å². The molecule has 0 spiro atoms. The van der Waals surface area contributed by atoms with Gasteiger partial charge in [-0.15, -0.1) is 0 Å². The lowest BCUT2D eigenvalue weighted by Crippen LogP contribution is -2.34. The Hall–Kier alpha value is -2.23. The molecule has 0 saturated heterocycles. The molecule has 0 radical (unpaired) electrons. The first kappa shape index (κ1) is 15.8. The molecule has 1 rings (SSSR count). The number of carbonyl (C=O) groups is 1. The van der Waals surface area contributed by atoms with Crippen molar-refractivity contribution >= 4 is 12.0 Å². The summed E-state index contributed by atoms with van der Waals surface area (Å²) in [4.78, 5) is 19.5. The van der Waals surface area contributed by atoms with Crippen LogP contribution in [0.25, 0.3) is 5.41 Å². The van der Waals surface area contributed by atoms with Gasteiger partial charge < -0.3 is 15.9 Å². The SMILES string of the molecule is C=CCOC(=O)[C@@H](N)Cc1ccccc1.[N-]=C=O. The van der Waals surface area contributed by atoms with E-state index in [-0.39, 0.29) is 6.61 Å². The molecule has 5 nitrogen and oxygen atoms in total. The van der Waals surface area contributed by atoms with E-state index in [0.717, 1.165) is 5.56 Å². The van der Waals surface area contributed by atoms with E-state index < -0.39 is 12.0 Å². The van der Waals surface area contributed by atoms with Gasteiger partial charge >= 0.3 is 5.97 Å². The van der Waals surface area contributed by atoms with Crippen molar-refractivity contribution < 1.29 is 14.3 Å². The Morgan fingerprint density at radius 2 is 2.06 bits per heavy atom. The zero-order chi connectivity index (χ0) is 13.8. The normalized spacial score (nSPS) is 10.3. The fourth-order valence-electron chi connectivity index (χ4n) is 1.20. The van der Waals surface area contributed by atoms with Crippen molar-refractivity contribution in [1.29, 1.82) is 0 Å². The number of isocyanates is 1. The zero-order valence-corrected chi connectivity index (χ0v) is 9.91. The maximum Gasteiger partial charge on any atom is 0.323 e. The average Bonchev–Trinajstić information content (AvgIpc) is 2.38. The Morgan fingerprint density at radius 1 is 1.50 bits per heavy atom. The molecule has 1 aromatic carbocycles. The smallest absolute Gasteiger partial charge is 0.323 e. The van der Waals surface area contributed by atoms with E-state index in [9.17, 15) is 4.79 Å². The number of hydrogen-bond donors (Lipinski definition) is 1. The number of rotatable bonds is 5. The molecule has 1 aromatic rings. The lowest BCUT2D eigenvalue weighted by Gasteiger charge is -2.10. The molecule has 0 amide bonds. The molecule has 0 aliphatic carbocycles. The molecule has 96 valence electrons. The van der Waals surface area contributed by atoms with Gasteiger partial charge in [0.05, 0.1) is 0 Å². The second-order valence-corrected chi connectivity index (χ2v) is 3.31. The summed E-state index contributed by atoms with van der Waals surface area (Å²) in [6.45, 7) is 3.67. The van der Waals surface area contributed by atoms with Crippen molar-refractivity contribution in [2.24, 2.45) is 5.73 Å². The van der Waals surface area contributed by atoms with Crippen LogP contribution < -0.4 is 5.73 Å². The molecule has 0 saturated carbocycles. The van der Waals surface area contributed by atoms with Crippen molar-refractivity contribution in [1.82, 2.24) is 0 Å². The van der Waals surface area contributed by atoms with Gasteiger partial charge in [0.15, 0.2) is 0 Å². The van der Waals surface area contributed by atoms with Crippen LogP contribution in [0.3, 0.4) is 0 Å². The van der Waals surface area contributed by atoms with Crippen LogP contribution in [0, 0.1) is 0 Å². The standard InChI is InChI=1S/C12H15NO2.CNO/c1-2-8-15-12(14)11(13)9-10-6-4-3-5-7-10;2-1-3/h2-7,11H,1,8-9,13H2;/q;-1/t11-;/m0./s1. The van der Waals surface area contributed by atoms with Gasteiger partial charge in [-0.05, 0) is 18.1 Å². The van der Waals surface area contributed by atoms with Gasteiger partial charge in [0.25, 0.3) is 0 Å². The van der Waals surface area contributed by atoms with Gasteiger partial charge in [-0.3, -0.25) is 9.59 Å². The summed E-state index contributed by atoms with van der Waals surface area (Å²) in [6, 6.07) is 9.01. The summed E-state index contributed by atoms with van der Waals surface area (Å²) in [5, 5.41) is 6.76. The highest BCUT2D eigenvalue weighted by molar-refractivity contribution is 5.75. The molecule has 1 atom stereocenters. The molecule has 0 bridgehead atoms. The number of nitrogens with two attached hydrogens (primary N) is 1. The summed E-state index contributed by atoms with van der Waals surface area (Å²) < 4.78 is 4.84. The minimum atomic E-state index is -0.604. The molecule has 0 unspecified atom stereocenters. The number of hydrogen-bond acceptors (Lipinski definition) is 4. The number of nitrogens with zero attached hydrogens (tertiary/aromatic N) is 1. The van der Waals surface area contributed by atoms with Crippen molar-refractivity contribution in [2.75, 3.05) is 6.61 Å². The Bertz CT molecular complexity index is 398. The van der Waals surface area contributed by atoms with Crippen LogP contribution in [0.4, 0.5) is 0 Å². The number of esters is 1.